The van der Waals surface area contributed by atoms with Gasteiger partial charge in [0.2, 0.25) is 0 Å². The first kappa shape index (κ1) is 23.5. The number of ether oxygens (including phenoxy) is 1. The van der Waals surface area contributed by atoms with E-state index in [0.717, 1.165) is 50.3 Å². The minimum Gasteiger partial charge on any atom is -0.466 e. The first-order valence-corrected chi connectivity index (χ1v) is 9.88. The van der Waals surface area contributed by atoms with Crippen LogP contribution in [0, 0.1) is 17.8 Å². The molecule has 0 radical (unpaired) electrons. The SMILES string of the molecule is CCOC(=O)C1CCCN(C(=NC)NCCN2CC(C)CC(C)C2)C1.I. The Morgan fingerprint density at radius 2 is 1.92 bits per heavy atom. The van der Waals surface area contributed by atoms with Crippen LogP contribution in [0.1, 0.15) is 40.0 Å². The number of piperidine rings is 2. The van der Waals surface area contributed by atoms with E-state index in [4.69, 9.17) is 4.74 Å². The normalized spacial score (nSPS) is 27.6. The highest BCUT2D eigenvalue weighted by molar-refractivity contribution is 14.0. The van der Waals surface area contributed by atoms with Crippen LogP contribution >= 0.6 is 24.0 Å². The molecule has 6 nitrogen and oxygen atoms in total. The Morgan fingerprint density at radius 1 is 1.23 bits per heavy atom. The lowest BCUT2D eigenvalue weighted by molar-refractivity contribution is -0.149. The van der Waals surface area contributed by atoms with Gasteiger partial charge in [0.05, 0.1) is 12.5 Å². The standard InChI is InChI=1S/C19H36N4O2.HI/c1-5-25-18(24)17-7-6-9-23(14-17)19(20-4)21-8-10-22-12-15(2)11-16(3)13-22;/h15-17H,5-14H2,1-4H3,(H,20,21);1H. The topological polar surface area (TPSA) is 57.2 Å². The van der Waals surface area contributed by atoms with Gasteiger partial charge in [0.25, 0.3) is 0 Å². The summed E-state index contributed by atoms with van der Waals surface area (Å²) < 4.78 is 5.19. The maximum absolute atomic E-state index is 12.0. The molecule has 0 amide bonds. The van der Waals surface area contributed by atoms with Crippen LogP contribution in [0.4, 0.5) is 0 Å². The molecule has 0 spiro atoms. The molecule has 2 aliphatic rings. The van der Waals surface area contributed by atoms with Gasteiger partial charge in [-0.05, 0) is 38.0 Å². The van der Waals surface area contributed by atoms with Gasteiger partial charge in [-0.1, -0.05) is 13.8 Å². The summed E-state index contributed by atoms with van der Waals surface area (Å²) >= 11 is 0. The van der Waals surface area contributed by atoms with Gasteiger partial charge in [-0.2, -0.15) is 0 Å². The number of guanidine groups is 1. The minimum atomic E-state index is -0.0704. The lowest BCUT2D eigenvalue weighted by Crippen LogP contribution is -2.50. The lowest BCUT2D eigenvalue weighted by Gasteiger charge is -2.36. The molecule has 0 aromatic rings. The molecule has 0 aromatic carbocycles. The summed E-state index contributed by atoms with van der Waals surface area (Å²) in [6, 6.07) is 0. The van der Waals surface area contributed by atoms with Crippen LogP contribution in [0.15, 0.2) is 4.99 Å². The van der Waals surface area contributed by atoms with Gasteiger partial charge in [0.15, 0.2) is 5.96 Å². The molecular formula is C19H37IN4O2. The molecule has 3 atom stereocenters. The largest absolute Gasteiger partial charge is 0.466 e. The van der Waals surface area contributed by atoms with Crippen LogP contribution in [0.25, 0.3) is 0 Å². The zero-order valence-electron chi connectivity index (χ0n) is 16.9. The highest BCUT2D eigenvalue weighted by atomic mass is 127. The molecule has 2 saturated heterocycles. The fourth-order valence-electron chi connectivity index (χ4n) is 4.25. The maximum atomic E-state index is 12.0. The van der Waals surface area contributed by atoms with Crippen molar-refractivity contribution in [2.24, 2.45) is 22.7 Å². The second-order valence-electron chi connectivity index (χ2n) is 7.72. The Kier molecular flexibility index (Phi) is 10.8. The summed E-state index contributed by atoms with van der Waals surface area (Å²) in [7, 11) is 1.82. The smallest absolute Gasteiger partial charge is 0.310 e. The average Bonchev–Trinajstić information content (AvgIpc) is 2.58. The predicted octanol–water partition coefficient (Wildman–Crippen LogP) is 2.43. The van der Waals surface area contributed by atoms with Gasteiger partial charge in [-0.25, -0.2) is 0 Å². The summed E-state index contributed by atoms with van der Waals surface area (Å²) in [5.41, 5.74) is 0. The first-order valence-electron chi connectivity index (χ1n) is 9.88. The molecular weight excluding hydrogens is 443 g/mol. The Balaban J connectivity index is 0.00000338. The third-order valence-corrected chi connectivity index (χ3v) is 5.21. The first-order chi connectivity index (χ1) is 12.0. The van der Waals surface area contributed by atoms with E-state index in [2.05, 4.69) is 34.0 Å². The summed E-state index contributed by atoms with van der Waals surface area (Å²) in [6.07, 6.45) is 3.26. The molecule has 3 unspecified atom stereocenters. The molecule has 152 valence electrons. The zero-order valence-corrected chi connectivity index (χ0v) is 19.2. The van der Waals surface area contributed by atoms with E-state index in [-0.39, 0.29) is 35.9 Å². The second-order valence-corrected chi connectivity index (χ2v) is 7.72. The van der Waals surface area contributed by atoms with Crippen molar-refractivity contribution in [3.05, 3.63) is 0 Å². The number of carbonyl (C=O) groups excluding carboxylic acids is 1. The highest BCUT2D eigenvalue weighted by Gasteiger charge is 2.28. The third kappa shape index (κ3) is 7.21. The van der Waals surface area contributed by atoms with Crippen molar-refractivity contribution < 1.29 is 9.53 Å². The molecule has 0 saturated carbocycles. The van der Waals surface area contributed by atoms with Crippen LogP contribution < -0.4 is 5.32 Å². The van der Waals surface area contributed by atoms with Crippen molar-refractivity contribution in [1.82, 2.24) is 15.1 Å². The quantitative estimate of drug-likeness (QED) is 0.284. The maximum Gasteiger partial charge on any atom is 0.310 e. The molecule has 0 aromatic heterocycles. The van der Waals surface area contributed by atoms with Crippen molar-refractivity contribution in [3.8, 4) is 0 Å². The highest BCUT2D eigenvalue weighted by Crippen LogP contribution is 2.20. The minimum absolute atomic E-state index is 0. The van der Waals surface area contributed by atoms with Crippen molar-refractivity contribution in [1.29, 1.82) is 0 Å². The number of esters is 1. The van der Waals surface area contributed by atoms with Crippen molar-refractivity contribution in [2.45, 2.75) is 40.0 Å². The molecule has 2 aliphatic heterocycles. The number of rotatable bonds is 5. The van der Waals surface area contributed by atoms with E-state index < -0.39 is 0 Å². The van der Waals surface area contributed by atoms with E-state index >= 15 is 0 Å². The summed E-state index contributed by atoms with van der Waals surface area (Å²) in [5.74, 6) is 2.38. The van der Waals surface area contributed by atoms with Crippen LogP contribution in [-0.2, 0) is 9.53 Å². The number of halogens is 1. The number of nitrogens with zero attached hydrogens (tertiary/aromatic N) is 3. The summed E-state index contributed by atoms with van der Waals surface area (Å²) in [4.78, 5) is 21.2. The Morgan fingerprint density at radius 3 is 2.54 bits per heavy atom. The number of aliphatic imine (C=N–C) groups is 1. The fraction of sp³-hybridized carbons (Fsp3) is 0.895. The van der Waals surface area contributed by atoms with Crippen LogP contribution in [0.5, 0.6) is 0 Å². The number of nitrogens with one attached hydrogen (secondary N) is 1. The summed E-state index contributed by atoms with van der Waals surface area (Å²) in [6.45, 7) is 13.0. The van der Waals surface area contributed by atoms with E-state index in [1.54, 1.807) is 0 Å². The van der Waals surface area contributed by atoms with Crippen LogP contribution in [-0.4, -0.2) is 74.7 Å². The molecule has 2 heterocycles. The number of likely N-dealkylation sites (tertiary alicyclic amines) is 2. The monoisotopic (exact) mass is 480 g/mol. The van der Waals surface area contributed by atoms with Gasteiger partial charge >= 0.3 is 5.97 Å². The Hall–Kier alpha value is -0.570. The van der Waals surface area contributed by atoms with Crippen molar-refractivity contribution in [2.75, 3.05) is 52.9 Å². The van der Waals surface area contributed by atoms with Gasteiger partial charge in [0, 0.05) is 46.3 Å². The van der Waals surface area contributed by atoms with Gasteiger partial charge in [-0.3, -0.25) is 9.79 Å². The fourth-order valence-corrected chi connectivity index (χ4v) is 4.25. The number of hydrogen-bond acceptors (Lipinski definition) is 4. The zero-order chi connectivity index (χ0) is 18.2. The summed E-state index contributed by atoms with van der Waals surface area (Å²) in [5, 5.41) is 3.49. The van der Waals surface area contributed by atoms with E-state index in [9.17, 15) is 4.79 Å². The van der Waals surface area contributed by atoms with E-state index in [1.807, 2.05) is 14.0 Å². The van der Waals surface area contributed by atoms with Crippen LogP contribution in [0.2, 0.25) is 0 Å². The number of hydrogen-bond donors (Lipinski definition) is 1. The molecule has 0 bridgehead atoms. The Labute approximate surface area is 176 Å². The van der Waals surface area contributed by atoms with Gasteiger partial charge in [0.1, 0.15) is 0 Å². The lowest BCUT2D eigenvalue weighted by atomic mass is 9.92. The van der Waals surface area contributed by atoms with Crippen LogP contribution in [0.3, 0.4) is 0 Å². The second kappa shape index (κ2) is 12.0. The molecule has 26 heavy (non-hydrogen) atoms. The average molecular weight is 480 g/mol. The third-order valence-electron chi connectivity index (χ3n) is 5.21. The molecule has 2 rings (SSSR count). The predicted molar refractivity (Wildman–Crippen MR) is 117 cm³/mol. The molecule has 0 aliphatic carbocycles. The number of carbonyl (C=O) groups is 1. The molecule has 7 heteroatoms. The Bertz CT molecular complexity index is 451. The van der Waals surface area contributed by atoms with Gasteiger partial charge in [-0.15, -0.1) is 24.0 Å². The molecule has 2 fully saturated rings. The van der Waals surface area contributed by atoms with Gasteiger partial charge < -0.3 is 19.9 Å². The van der Waals surface area contributed by atoms with E-state index in [0.29, 0.717) is 13.2 Å². The van der Waals surface area contributed by atoms with Crippen molar-refractivity contribution >= 4 is 35.9 Å². The van der Waals surface area contributed by atoms with Crippen molar-refractivity contribution in [3.63, 3.8) is 0 Å². The molecule has 1 N–H and O–H groups in total. The van der Waals surface area contributed by atoms with E-state index in [1.165, 1.54) is 19.5 Å².